The van der Waals surface area contributed by atoms with Crippen LogP contribution >= 0.6 is 0 Å². The van der Waals surface area contributed by atoms with Gasteiger partial charge in [-0.1, -0.05) is 54.9 Å². The van der Waals surface area contributed by atoms with E-state index < -0.39 is 21.5 Å². The fraction of sp³-hybridized carbons (Fsp3) is 0.541. The molecule has 2 aliphatic carbocycles. The van der Waals surface area contributed by atoms with Gasteiger partial charge in [-0.3, -0.25) is 14.7 Å². The highest BCUT2D eigenvalue weighted by Gasteiger charge is 2.61. The predicted molar refractivity (Wildman–Crippen MR) is 185 cm³/mol. The number of aryl methyl sites for hydroxylation is 1. The number of benzene rings is 2. The molecule has 1 amide bonds. The molecule has 2 atom stereocenters. The summed E-state index contributed by atoms with van der Waals surface area (Å²) in [7, 11) is -2.78. The van der Waals surface area contributed by atoms with Gasteiger partial charge in [-0.05, 0) is 74.6 Å². The Labute approximate surface area is 292 Å². The molecule has 10 nitrogen and oxygen atoms in total. The van der Waals surface area contributed by atoms with Gasteiger partial charge in [-0.2, -0.15) is 0 Å². The first-order valence-corrected chi connectivity index (χ1v) is 18.8. The molecular weight excluding hydrogens is 666 g/mol. The smallest absolute Gasteiger partial charge is 0.268 e. The van der Waals surface area contributed by atoms with Crippen molar-refractivity contribution in [2.75, 3.05) is 24.8 Å². The quantitative estimate of drug-likeness (QED) is 0.160. The van der Waals surface area contributed by atoms with Gasteiger partial charge in [-0.25, -0.2) is 21.5 Å². The first kappa shape index (κ1) is 36.1. The molecule has 0 N–H and O–H groups in total. The number of carbonyl (C=O) groups is 1. The normalized spacial score (nSPS) is 22.8. The van der Waals surface area contributed by atoms with Crippen molar-refractivity contribution >= 4 is 27.6 Å². The minimum Gasteiger partial charge on any atom is -0.377 e. The zero-order valence-corrected chi connectivity index (χ0v) is 30.2. The van der Waals surface area contributed by atoms with Crippen LogP contribution in [-0.2, 0) is 37.4 Å². The van der Waals surface area contributed by atoms with Crippen LogP contribution in [0.1, 0.15) is 81.2 Å². The summed E-state index contributed by atoms with van der Waals surface area (Å²) in [5.41, 5.74) is 2.35. The monoisotopic (exact) mass is 712 g/mol. The van der Waals surface area contributed by atoms with Gasteiger partial charge in [0, 0.05) is 44.1 Å². The molecule has 1 spiro atoms. The number of hydrogen-bond donors (Lipinski definition) is 0. The van der Waals surface area contributed by atoms with Crippen LogP contribution in [0.15, 0.2) is 56.9 Å². The number of ether oxygens (including phenoxy) is 2. The molecule has 2 heterocycles. The minimum absolute atomic E-state index is 0.0607. The molecule has 1 aliphatic heterocycles. The average Bonchev–Trinajstić information content (AvgIpc) is 3.76. The van der Waals surface area contributed by atoms with Crippen molar-refractivity contribution in [3.05, 3.63) is 64.9 Å². The Balaban J connectivity index is 1.34. The molecule has 1 aromatic heterocycles. The second kappa shape index (κ2) is 14.1. The zero-order valence-electron chi connectivity index (χ0n) is 29.4. The van der Waals surface area contributed by atoms with E-state index in [1.807, 2.05) is 25.1 Å². The topological polar surface area (TPSA) is 115 Å². The van der Waals surface area contributed by atoms with Gasteiger partial charge in [0.25, 0.3) is 15.9 Å². The van der Waals surface area contributed by atoms with Crippen LogP contribution in [0.3, 0.4) is 0 Å². The molecule has 2 fully saturated rings. The zero-order chi connectivity index (χ0) is 35.8. The van der Waals surface area contributed by atoms with Crippen molar-refractivity contribution in [2.24, 2.45) is 16.8 Å². The molecule has 2 saturated carbocycles. The summed E-state index contributed by atoms with van der Waals surface area (Å²) < 4.78 is 74.6. The molecule has 0 bridgehead atoms. The van der Waals surface area contributed by atoms with E-state index in [9.17, 15) is 22.0 Å². The summed E-state index contributed by atoms with van der Waals surface area (Å²) in [5.74, 6) is -1.80. The number of sulfonamides is 1. The fourth-order valence-electron chi connectivity index (χ4n) is 7.85. The second-order valence-electron chi connectivity index (χ2n) is 13.8. The van der Waals surface area contributed by atoms with Gasteiger partial charge in [0.1, 0.15) is 23.9 Å². The standard InChI is InChI=1S/C37H46F2N4O6S/c1-6-8-13-33-40-36(17-28-19-37(38,39)20-29(28)18-36)35(44)42(33)21-26-14-15-30(27(16-26)22-48-7-2)31-11-9-10-12-32(31)50(45,46)43(23-47-5)34-24(3)25(4)49-41-34/h9-12,14-16,28-29H,6-8,13,17-23H2,1-5H3. The number of hydrogen-bond acceptors (Lipinski definition) is 8. The first-order valence-electron chi connectivity index (χ1n) is 17.4. The van der Waals surface area contributed by atoms with Crippen molar-refractivity contribution in [1.29, 1.82) is 0 Å². The van der Waals surface area contributed by atoms with Crippen molar-refractivity contribution in [2.45, 2.75) is 102 Å². The van der Waals surface area contributed by atoms with Crippen LogP contribution < -0.4 is 4.31 Å². The molecule has 0 saturated heterocycles. The molecule has 270 valence electrons. The summed E-state index contributed by atoms with van der Waals surface area (Å²) in [4.78, 5) is 21.0. The fourth-order valence-corrected chi connectivity index (χ4v) is 9.43. The summed E-state index contributed by atoms with van der Waals surface area (Å²) in [6.45, 7) is 8.07. The Morgan fingerprint density at radius 2 is 1.76 bits per heavy atom. The van der Waals surface area contributed by atoms with E-state index >= 15 is 0 Å². The van der Waals surface area contributed by atoms with Gasteiger partial charge in [0.2, 0.25) is 5.92 Å². The van der Waals surface area contributed by atoms with Crippen LogP contribution in [0.25, 0.3) is 11.1 Å². The largest absolute Gasteiger partial charge is 0.377 e. The number of anilines is 1. The number of alkyl halides is 2. The van der Waals surface area contributed by atoms with Crippen LogP contribution in [0.5, 0.6) is 0 Å². The maximum Gasteiger partial charge on any atom is 0.268 e. The number of nitrogens with zero attached hydrogens (tertiary/aromatic N) is 4. The number of carbonyl (C=O) groups excluding carboxylic acids is 1. The van der Waals surface area contributed by atoms with Crippen LogP contribution in [0.2, 0.25) is 0 Å². The molecular formula is C37H46F2N4O6S. The minimum atomic E-state index is -4.19. The molecule has 50 heavy (non-hydrogen) atoms. The van der Waals surface area contributed by atoms with E-state index in [0.717, 1.165) is 28.3 Å². The first-order chi connectivity index (χ1) is 23.8. The third-order valence-electron chi connectivity index (χ3n) is 10.4. The number of methoxy groups -OCH3 is 1. The van der Waals surface area contributed by atoms with Gasteiger partial charge >= 0.3 is 0 Å². The highest BCUT2D eigenvalue weighted by atomic mass is 32.2. The summed E-state index contributed by atoms with van der Waals surface area (Å²) in [5, 5.41) is 4.02. The number of amidine groups is 1. The Morgan fingerprint density at radius 1 is 1.04 bits per heavy atom. The SMILES string of the molecule is CCCCC1=NC2(CC3CC(F)(F)CC3C2)C(=O)N1Cc1ccc(-c2ccccc2S(=O)(=O)N(COC)c2noc(C)c2C)c(COCC)c1. The Morgan fingerprint density at radius 3 is 2.40 bits per heavy atom. The van der Waals surface area contributed by atoms with Gasteiger partial charge < -0.3 is 14.0 Å². The number of halogens is 2. The number of rotatable bonds is 14. The van der Waals surface area contributed by atoms with Crippen LogP contribution in [0, 0.1) is 25.7 Å². The molecule has 3 aromatic rings. The van der Waals surface area contributed by atoms with E-state index in [1.54, 1.807) is 43.0 Å². The number of aliphatic imine (C=N–C) groups is 1. The van der Waals surface area contributed by atoms with Gasteiger partial charge in [-0.15, -0.1) is 0 Å². The number of amides is 1. The lowest BCUT2D eigenvalue weighted by Gasteiger charge is -2.25. The molecule has 2 aromatic carbocycles. The highest BCUT2D eigenvalue weighted by molar-refractivity contribution is 7.93. The van der Waals surface area contributed by atoms with E-state index in [0.29, 0.717) is 54.2 Å². The maximum atomic E-state index is 14.3. The molecule has 0 radical (unpaired) electrons. The summed E-state index contributed by atoms with van der Waals surface area (Å²) in [6, 6.07) is 12.5. The number of unbranched alkanes of at least 4 members (excludes halogenated alkanes) is 1. The van der Waals surface area contributed by atoms with Crippen molar-refractivity contribution in [3.8, 4) is 11.1 Å². The summed E-state index contributed by atoms with van der Waals surface area (Å²) in [6.07, 6.45) is 2.81. The molecule has 13 heteroatoms. The van der Waals surface area contributed by atoms with E-state index in [1.165, 1.54) is 7.11 Å². The number of fused-ring (bicyclic) bond motifs is 1. The molecule has 6 rings (SSSR count). The third kappa shape index (κ3) is 6.71. The van der Waals surface area contributed by atoms with Gasteiger partial charge in [0.05, 0.1) is 18.0 Å². The number of aromatic nitrogens is 1. The van der Waals surface area contributed by atoms with Crippen molar-refractivity contribution < 1.29 is 36.0 Å². The van der Waals surface area contributed by atoms with Crippen molar-refractivity contribution in [1.82, 2.24) is 10.1 Å². The van der Waals surface area contributed by atoms with E-state index in [4.69, 9.17) is 19.0 Å². The maximum absolute atomic E-state index is 14.3. The van der Waals surface area contributed by atoms with Crippen molar-refractivity contribution in [3.63, 3.8) is 0 Å². The Kier molecular flexibility index (Phi) is 10.2. The van der Waals surface area contributed by atoms with E-state index in [2.05, 4.69) is 12.1 Å². The Hall–Kier alpha value is -3.68. The summed E-state index contributed by atoms with van der Waals surface area (Å²) >= 11 is 0. The average molecular weight is 713 g/mol. The van der Waals surface area contributed by atoms with Gasteiger partial charge in [0.15, 0.2) is 5.82 Å². The lowest BCUT2D eigenvalue weighted by molar-refractivity contribution is -0.132. The molecule has 2 unspecified atom stereocenters. The van der Waals surface area contributed by atoms with Crippen LogP contribution in [-0.4, -0.2) is 62.1 Å². The third-order valence-corrected chi connectivity index (χ3v) is 12.1. The Bertz CT molecular complexity index is 1860. The van der Waals surface area contributed by atoms with E-state index in [-0.39, 0.29) is 61.2 Å². The lowest BCUT2D eigenvalue weighted by atomic mass is 9.93. The van der Waals surface area contributed by atoms with Crippen LogP contribution in [0.4, 0.5) is 14.6 Å². The predicted octanol–water partition coefficient (Wildman–Crippen LogP) is 7.42. The lowest BCUT2D eigenvalue weighted by Crippen LogP contribution is -2.41. The highest BCUT2D eigenvalue weighted by Crippen LogP contribution is 2.57. The molecule has 3 aliphatic rings. The second-order valence-corrected chi connectivity index (χ2v) is 15.7.